The maximum atomic E-state index is 11.4. The van der Waals surface area contributed by atoms with Crippen molar-refractivity contribution in [3.8, 4) is 0 Å². The normalized spacial score (nSPS) is 20.3. The van der Waals surface area contributed by atoms with Crippen LogP contribution in [0.5, 0.6) is 0 Å². The molecule has 1 aliphatic rings. The fourth-order valence-electron chi connectivity index (χ4n) is 1.58. The second-order valence-corrected chi connectivity index (χ2v) is 5.26. The number of carbonyl (C=O) groups is 1. The van der Waals surface area contributed by atoms with E-state index in [1.165, 1.54) is 6.92 Å². The zero-order valence-electron chi connectivity index (χ0n) is 8.56. The number of rotatable bonds is 5. The average Bonchev–Trinajstić information content (AvgIpc) is 2.54. The third kappa shape index (κ3) is 4.15. The third-order valence-electron chi connectivity index (χ3n) is 2.38. The van der Waals surface area contributed by atoms with Crippen molar-refractivity contribution in [1.82, 2.24) is 9.44 Å². The van der Waals surface area contributed by atoms with Crippen LogP contribution in [0.15, 0.2) is 0 Å². The molecule has 6 nitrogen and oxygen atoms in total. The van der Waals surface area contributed by atoms with Gasteiger partial charge in [0.25, 0.3) is 10.2 Å². The molecule has 1 aliphatic carbocycles. The standard InChI is InChI=1S/C8H16N2O4S/c1-6(8(11)12)9-15(13,14)10-7-4-2-3-5-7/h6-7,9-10H,2-5H2,1H3,(H,11,12). The molecule has 0 aromatic carbocycles. The van der Waals surface area contributed by atoms with E-state index in [1.807, 2.05) is 4.72 Å². The Kier molecular flexibility index (Phi) is 4.06. The zero-order chi connectivity index (χ0) is 11.5. The maximum Gasteiger partial charge on any atom is 0.321 e. The fourth-order valence-corrected chi connectivity index (χ4v) is 2.89. The minimum absolute atomic E-state index is 0.0523. The summed E-state index contributed by atoms with van der Waals surface area (Å²) in [5, 5.41) is 8.55. The summed E-state index contributed by atoms with van der Waals surface area (Å²) in [4.78, 5) is 10.5. The fraction of sp³-hybridized carbons (Fsp3) is 0.875. The van der Waals surface area contributed by atoms with Gasteiger partial charge in [-0.15, -0.1) is 0 Å². The summed E-state index contributed by atoms with van der Waals surface area (Å²) in [5.74, 6) is -1.19. The zero-order valence-corrected chi connectivity index (χ0v) is 9.38. The van der Waals surface area contributed by atoms with Gasteiger partial charge < -0.3 is 5.11 Å². The van der Waals surface area contributed by atoms with E-state index in [9.17, 15) is 13.2 Å². The van der Waals surface area contributed by atoms with E-state index in [-0.39, 0.29) is 6.04 Å². The van der Waals surface area contributed by atoms with Gasteiger partial charge in [-0.1, -0.05) is 12.8 Å². The van der Waals surface area contributed by atoms with Gasteiger partial charge in [-0.3, -0.25) is 4.79 Å². The molecule has 7 heteroatoms. The molecule has 0 spiro atoms. The van der Waals surface area contributed by atoms with Gasteiger partial charge in [0.15, 0.2) is 0 Å². The lowest BCUT2D eigenvalue weighted by Gasteiger charge is -2.15. The Bertz CT molecular complexity index is 322. The van der Waals surface area contributed by atoms with Crippen LogP contribution in [-0.2, 0) is 15.0 Å². The van der Waals surface area contributed by atoms with Gasteiger partial charge in [0.2, 0.25) is 0 Å². The van der Waals surface area contributed by atoms with E-state index >= 15 is 0 Å². The largest absolute Gasteiger partial charge is 0.480 e. The van der Waals surface area contributed by atoms with Crippen LogP contribution in [0.4, 0.5) is 0 Å². The highest BCUT2D eigenvalue weighted by Crippen LogP contribution is 2.18. The summed E-state index contributed by atoms with van der Waals surface area (Å²) in [6.07, 6.45) is 3.67. The van der Waals surface area contributed by atoms with E-state index in [0.29, 0.717) is 0 Å². The maximum absolute atomic E-state index is 11.4. The Labute approximate surface area is 89.2 Å². The van der Waals surface area contributed by atoms with Gasteiger partial charge in [0.05, 0.1) is 0 Å². The molecule has 1 atom stereocenters. The molecule has 88 valence electrons. The molecule has 3 N–H and O–H groups in total. The Morgan fingerprint density at radius 2 is 1.93 bits per heavy atom. The smallest absolute Gasteiger partial charge is 0.321 e. The summed E-state index contributed by atoms with van der Waals surface area (Å²) in [5.41, 5.74) is 0. The van der Waals surface area contributed by atoms with E-state index in [0.717, 1.165) is 25.7 Å². The van der Waals surface area contributed by atoms with Crippen molar-refractivity contribution in [2.45, 2.75) is 44.7 Å². The second kappa shape index (κ2) is 4.91. The molecule has 0 heterocycles. The van der Waals surface area contributed by atoms with Gasteiger partial charge in [-0.2, -0.15) is 17.9 Å². The van der Waals surface area contributed by atoms with Crippen LogP contribution in [0.25, 0.3) is 0 Å². The molecule has 0 radical (unpaired) electrons. The summed E-state index contributed by atoms with van der Waals surface area (Å²) in [6, 6.07) is -1.16. The highest BCUT2D eigenvalue weighted by molar-refractivity contribution is 7.87. The molecule has 0 amide bonds. The molecule has 0 aliphatic heterocycles. The lowest BCUT2D eigenvalue weighted by Crippen LogP contribution is -2.47. The van der Waals surface area contributed by atoms with Crippen molar-refractivity contribution in [2.75, 3.05) is 0 Å². The monoisotopic (exact) mass is 236 g/mol. The van der Waals surface area contributed by atoms with E-state index in [4.69, 9.17) is 5.11 Å². The van der Waals surface area contributed by atoms with Crippen LogP contribution in [0, 0.1) is 0 Å². The number of carboxylic acids is 1. The van der Waals surface area contributed by atoms with E-state index < -0.39 is 22.2 Å². The lowest BCUT2D eigenvalue weighted by molar-refractivity contribution is -0.138. The SMILES string of the molecule is CC(NS(=O)(=O)NC1CCCC1)C(=O)O. The second-order valence-electron chi connectivity index (χ2n) is 3.78. The minimum atomic E-state index is -3.69. The van der Waals surface area contributed by atoms with Crippen LogP contribution in [0.2, 0.25) is 0 Å². The lowest BCUT2D eigenvalue weighted by atomic mass is 10.3. The summed E-state index contributed by atoms with van der Waals surface area (Å²) >= 11 is 0. The molecule has 0 bridgehead atoms. The van der Waals surface area contributed by atoms with Gasteiger partial charge in [0.1, 0.15) is 6.04 Å². The first-order valence-corrected chi connectivity index (χ1v) is 6.41. The molecular formula is C8H16N2O4S. The quantitative estimate of drug-likeness (QED) is 0.617. The molecule has 1 fully saturated rings. The number of aliphatic carboxylic acids is 1. The Morgan fingerprint density at radius 1 is 1.40 bits per heavy atom. The molecule has 1 rings (SSSR count). The first-order chi connectivity index (χ1) is 6.91. The Morgan fingerprint density at radius 3 is 2.40 bits per heavy atom. The van der Waals surface area contributed by atoms with Crippen molar-refractivity contribution in [1.29, 1.82) is 0 Å². The summed E-state index contributed by atoms with van der Waals surface area (Å²) in [6.45, 7) is 1.29. The Hall–Kier alpha value is -0.660. The summed E-state index contributed by atoms with van der Waals surface area (Å²) < 4.78 is 27.3. The van der Waals surface area contributed by atoms with Gasteiger partial charge in [-0.25, -0.2) is 0 Å². The number of hydrogen-bond donors (Lipinski definition) is 3. The van der Waals surface area contributed by atoms with Crippen LogP contribution in [-0.4, -0.2) is 31.6 Å². The van der Waals surface area contributed by atoms with Crippen molar-refractivity contribution in [3.63, 3.8) is 0 Å². The van der Waals surface area contributed by atoms with Gasteiger partial charge in [0, 0.05) is 6.04 Å². The van der Waals surface area contributed by atoms with Gasteiger partial charge in [-0.05, 0) is 19.8 Å². The van der Waals surface area contributed by atoms with E-state index in [1.54, 1.807) is 0 Å². The molecule has 15 heavy (non-hydrogen) atoms. The van der Waals surface area contributed by atoms with Crippen molar-refractivity contribution in [3.05, 3.63) is 0 Å². The van der Waals surface area contributed by atoms with Crippen LogP contribution < -0.4 is 9.44 Å². The van der Waals surface area contributed by atoms with Crippen molar-refractivity contribution < 1.29 is 18.3 Å². The molecular weight excluding hydrogens is 220 g/mol. The van der Waals surface area contributed by atoms with Crippen molar-refractivity contribution >= 4 is 16.2 Å². The minimum Gasteiger partial charge on any atom is -0.480 e. The first kappa shape index (κ1) is 12.4. The highest BCUT2D eigenvalue weighted by Gasteiger charge is 2.24. The molecule has 1 saturated carbocycles. The number of carboxylic acid groups (broad SMARTS) is 1. The van der Waals surface area contributed by atoms with Gasteiger partial charge >= 0.3 is 5.97 Å². The average molecular weight is 236 g/mol. The van der Waals surface area contributed by atoms with Crippen LogP contribution in [0.1, 0.15) is 32.6 Å². The molecule has 0 aromatic rings. The molecule has 1 unspecified atom stereocenters. The first-order valence-electron chi connectivity index (χ1n) is 4.93. The van der Waals surface area contributed by atoms with Crippen LogP contribution in [0.3, 0.4) is 0 Å². The predicted octanol–water partition coefficient (Wildman–Crippen LogP) is -0.174. The number of nitrogens with one attached hydrogen (secondary N) is 2. The third-order valence-corrected chi connectivity index (χ3v) is 3.69. The summed E-state index contributed by atoms with van der Waals surface area (Å²) in [7, 11) is -3.69. The predicted molar refractivity (Wildman–Crippen MR) is 54.5 cm³/mol. The topological polar surface area (TPSA) is 95.5 Å². The molecule has 0 aromatic heterocycles. The van der Waals surface area contributed by atoms with E-state index in [2.05, 4.69) is 4.72 Å². The van der Waals surface area contributed by atoms with Crippen molar-refractivity contribution in [2.24, 2.45) is 0 Å². The van der Waals surface area contributed by atoms with Crippen LogP contribution >= 0.6 is 0 Å². The Balaban J connectivity index is 2.47. The molecule has 0 saturated heterocycles. The highest BCUT2D eigenvalue weighted by atomic mass is 32.2. The number of hydrogen-bond acceptors (Lipinski definition) is 3.